The van der Waals surface area contributed by atoms with Gasteiger partial charge in [0, 0.05) is 17.1 Å². The van der Waals surface area contributed by atoms with E-state index in [0.29, 0.717) is 5.56 Å². The van der Waals surface area contributed by atoms with E-state index in [4.69, 9.17) is 4.74 Å². The lowest BCUT2D eigenvalue weighted by Gasteiger charge is -2.59. The van der Waals surface area contributed by atoms with Crippen molar-refractivity contribution in [3.8, 4) is 5.75 Å². The van der Waals surface area contributed by atoms with Crippen molar-refractivity contribution in [1.82, 2.24) is 10.0 Å². The summed E-state index contributed by atoms with van der Waals surface area (Å²) in [5, 5.41) is 3.22. The molecule has 4 saturated carbocycles. The molecule has 1 aromatic carbocycles. The monoisotopic (exact) mass is 448 g/mol. The number of sulfonamides is 1. The lowest BCUT2D eigenvalue weighted by molar-refractivity contribution is -0.0688. The van der Waals surface area contributed by atoms with E-state index in [-0.39, 0.29) is 28.0 Å². The van der Waals surface area contributed by atoms with Gasteiger partial charge in [-0.3, -0.25) is 4.79 Å². The molecular weight excluding hydrogens is 412 g/mol. The standard InChI is InChI=1S/C24H36N2O4S/c1-15(24-12-16-8-17(13-24)10-18(9-16)14-24)25-22(27)19-6-7-20(30-5)21(11-19)31(28,29)26-23(2,3)4/h6-7,11,15-18,26H,8-10,12-14H2,1-5H3,(H,25,27)/t15-,16?,17?,18?,24?/m0/s1. The molecule has 0 aliphatic heterocycles. The molecular formula is C24H36N2O4S. The summed E-state index contributed by atoms with van der Waals surface area (Å²) in [5.41, 5.74) is -0.110. The van der Waals surface area contributed by atoms with Crippen LogP contribution in [0.25, 0.3) is 0 Å². The van der Waals surface area contributed by atoms with E-state index in [9.17, 15) is 13.2 Å². The summed E-state index contributed by atoms with van der Waals surface area (Å²) in [4.78, 5) is 13.1. The number of nitrogens with one attached hydrogen (secondary N) is 2. The molecule has 6 nitrogen and oxygen atoms in total. The van der Waals surface area contributed by atoms with Crippen molar-refractivity contribution in [3.05, 3.63) is 23.8 Å². The summed E-state index contributed by atoms with van der Waals surface area (Å²) < 4.78 is 33.8. The van der Waals surface area contributed by atoms with Gasteiger partial charge in [0.2, 0.25) is 10.0 Å². The highest BCUT2D eigenvalue weighted by atomic mass is 32.2. The van der Waals surface area contributed by atoms with E-state index in [2.05, 4.69) is 17.0 Å². The van der Waals surface area contributed by atoms with E-state index < -0.39 is 15.6 Å². The van der Waals surface area contributed by atoms with Crippen LogP contribution in [0.15, 0.2) is 23.1 Å². The van der Waals surface area contributed by atoms with Gasteiger partial charge in [0.05, 0.1) is 7.11 Å². The summed E-state index contributed by atoms with van der Waals surface area (Å²) in [6, 6.07) is 4.69. The average Bonchev–Trinajstić information content (AvgIpc) is 2.64. The van der Waals surface area contributed by atoms with Crippen LogP contribution in [-0.4, -0.2) is 33.0 Å². The van der Waals surface area contributed by atoms with Crippen molar-refractivity contribution in [2.75, 3.05) is 7.11 Å². The van der Waals surface area contributed by atoms with Crippen LogP contribution in [0.1, 0.15) is 76.6 Å². The second kappa shape index (κ2) is 7.77. The topological polar surface area (TPSA) is 84.5 Å². The van der Waals surface area contributed by atoms with Crippen molar-refractivity contribution in [3.63, 3.8) is 0 Å². The number of rotatable bonds is 6. The Bertz CT molecular complexity index is 929. The van der Waals surface area contributed by atoms with Gasteiger partial charge < -0.3 is 10.1 Å². The van der Waals surface area contributed by atoms with Crippen LogP contribution in [0.5, 0.6) is 5.75 Å². The Balaban J connectivity index is 1.55. The molecule has 1 amide bonds. The molecule has 0 spiro atoms. The first-order valence-electron chi connectivity index (χ1n) is 11.4. The Morgan fingerprint density at radius 1 is 1.10 bits per heavy atom. The molecule has 4 bridgehead atoms. The molecule has 4 fully saturated rings. The van der Waals surface area contributed by atoms with Crippen LogP contribution in [0.4, 0.5) is 0 Å². The Hall–Kier alpha value is -1.60. The van der Waals surface area contributed by atoms with Gasteiger partial charge in [-0.25, -0.2) is 13.1 Å². The van der Waals surface area contributed by atoms with E-state index in [1.54, 1.807) is 32.9 Å². The number of ether oxygens (including phenoxy) is 1. The fraction of sp³-hybridized carbons (Fsp3) is 0.708. The minimum Gasteiger partial charge on any atom is -0.495 e. The predicted octanol–water partition coefficient (Wildman–Crippen LogP) is 4.11. The van der Waals surface area contributed by atoms with Crippen LogP contribution in [-0.2, 0) is 10.0 Å². The van der Waals surface area contributed by atoms with Crippen LogP contribution in [0, 0.1) is 23.2 Å². The van der Waals surface area contributed by atoms with E-state index in [1.807, 2.05) is 0 Å². The maximum atomic E-state index is 13.1. The largest absolute Gasteiger partial charge is 0.495 e. The van der Waals surface area contributed by atoms with Gasteiger partial charge in [0.15, 0.2) is 0 Å². The predicted molar refractivity (Wildman–Crippen MR) is 121 cm³/mol. The number of hydrogen-bond donors (Lipinski definition) is 2. The third kappa shape index (κ3) is 4.49. The third-order valence-corrected chi connectivity index (χ3v) is 9.29. The lowest BCUT2D eigenvalue weighted by atomic mass is 9.48. The Morgan fingerprint density at radius 3 is 2.13 bits per heavy atom. The molecule has 0 unspecified atom stereocenters. The molecule has 1 aromatic rings. The maximum Gasteiger partial charge on any atom is 0.251 e. The normalized spacial score (nSPS) is 30.8. The second-order valence-corrected chi connectivity index (χ2v) is 12.8. The number of amides is 1. The highest BCUT2D eigenvalue weighted by Crippen LogP contribution is 2.61. The summed E-state index contributed by atoms with van der Waals surface area (Å²) in [6.45, 7) is 7.47. The molecule has 2 N–H and O–H groups in total. The molecule has 4 aliphatic rings. The number of hydrogen-bond acceptors (Lipinski definition) is 4. The fourth-order valence-corrected chi connectivity index (χ4v) is 8.24. The molecule has 172 valence electrons. The summed E-state index contributed by atoms with van der Waals surface area (Å²) in [5.74, 6) is 2.44. The van der Waals surface area contributed by atoms with E-state index in [1.165, 1.54) is 51.7 Å². The van der Waals surface area contributed by atoms with Crippen molar-refractivity contribution < 1.29 is 17.9 Å². The first kappa shape index (κ1) is 22.6. The van der Waals surface area contributed by atoms with Gasteiger partial charge >= 0.3 is 0 Å². The molecule has 7 heteroatoms. The minimum absolute atomic E-state index is 0.0139. The SMILES string of the molecule is COc1ccc(C(=O)N[C@@H](C)C23CC4CC(CC(C4)C2)C3)cc1S(=O)(=O)NC(C)(C)C. The van der Waals surface area contributed by atoms with Crippen molar-refractivity contribution in [2.45, 2.75) is 82.7 Å². The van der Waals surface area contributed by atoms with Crippen molar-refractivity contribution >= 4 is 15.9 Å². The maximum absolute atomic E-state index is 13.1. The number of carbonyl (C=O) groups is 1. The first-order valence-corrected chi connectivity index (χ1v) is 12.9. The molecule has 0 radical (unpaired) electrons. The molecule has 0 aromatic heterocycles. The van der Waals surface area contributed by atoms with E-state index >= 15 is 0 Å². The number of methoxy groups -OCH3 is 1. The highest BCUT2D eigenvalue weighted by molar-refractivity contribution is 7.89. The lowest BCUT2D eigenvalue weighted by Crippen LogP contribution is -2.55. The van der Waals surface area contributed by atoms with Crippen LogP contribution in [0.3, 0.4) is 0 Å². The fourth-order valence-electron chi connectivity index (χ4n) is 6.63. The van der Waals surface area contributed by atoms with Crippen molar-refractivity contribution in [1.29, 1.82) is 0 Å². The second-order valence-electron chi connectivity index (χ2n) is 11.2. The minimum atomic E-state index is -3.84. The highest BCUT2D eigenvalue weighted by Gasteiger charge is 2.53. The van der Waals surface area contributed by atoms with Crippen LogP contribution >= 0.6 is 0 Å². The molecule has 1 atom stereocenters. The molecule has 0 heterocycles. The van der Waals surface area contributed by atoms with Crippen molar-refractivity contribution in [2.24, 2.45) is 23.2 Å². The van der Waals surface area contributed by atoms with Gasteiger partial charge in [-0.2, -0.15) is 0 Å². The molecule has 5 rings (SSSR count). The molecule has 0 saturated heterocycles. The van der Waals surface area contributed by atoms with Gasteiger partial charge in [-0.1, -0.05) is 0 Å². The number of carbonyl (C=O) groups excluding carboxylic acids is 1. The zero-order valence-electron chi connectivity index (χ0n) is 19.3. The van der Waals surface area contributed by atoms with Crippen LogP contribution in [0.2, 0.25) is 0 Å². The quantitative estimate of drug-likeness (QED) is 0.686. The first-order chi connectivity index (χ1) is 14.4. The Kier molecular flexibility index (Phi) is 5.66. The average molecular weight is 449 g/mol. The summed E-state index contributed by atoms with van der Waals surface area (Å²) in [7, 11) is -2.41. The van der Waals surface area contributed by atoms with Gasteiger partial charge in [0.25, 0.3) is 5.91 Å². The van der Waals surface area contributed by atoms with Gasteiger partial charge in [-0.15, -0.1) is 0 Å². The Morgan fingerprint density at radius 2 is 1.65 bits per heavy atom. The zero-order valence-corrected chi connectivity index (χ0v) is 20.1. The molecule has 31 heavy (non-hydrogen) atoms. The van der Waals surface area contributed by atoms with Gasteiger partial charge in [0.1, 0.15) is 10.6 Å². The van der Waals surface area contributed by atoms with Crippen LogP contribution < -0.4 is 14.8 Å². The zero-order chi connectivity index (χ0) is 22.6. The smallest absolute Gasteiger partial charge is 0.251 e. The molecule has 4 aliphatic carbocycles. The summed E-state index contributed by atoms with van der Waals surface area (Å²) >= 11 is 0. The summed E-state index contributed by atoms with van der Waals surface area (Å²) in [6.07, 6.45) is 7.70. The van der Waals surface area contributed by atoms with Gasteiger partial charge in [-0.05, 0) is 108 Å². The third-order valence-electron chi connectivity index (χ3n) is 7.51. The number of benzene rings is 1. The Labute approximate surface area is 186 Å². The van der Waals surface area contributed by atoms with E-state index in [0.717, 1.165) is 17.8 Å².